The lowest BCUT2D eigenvalue weighted by Crippen LogP contribution is -2.19. The van der Waals surface area contributed by atoms with Gasteiger partial charge in [-0.05, 0) is 23.6 Å². The van der Waals surface area contributed by atoms with Crippen LogP contribution in [-0.4, -0.2) is 10.9 Å². The summed E-state index contributed by atoms with van der Waals surface area (Å²) in [5.74, 6) is -0.145. The van der Waals surface area contributed by atoms with Crippen LogP contribution in [0.25, 0.3) is 17.2 Å². The molecule has 0 fully saturated rings. The normalized spacial score (nSPS) is 13.1. The minimum absolute atomic E-state index is 0.145. The monoisotopic (exact) mass is 279 g/mol. The third-order valence-electron chi connectivity index (χ3n) is 3.51. The zero-order chi connectivity index (χ0) is 14.3. The quantitative estimate of drug-likeness (QED) is 0.849. The van der Waals surface area contributed by atoms with Crippen LogP contribution in [-0.2, 0) is 0 Å². The molecule has 2 aromatic rings. The fraction of sp³-hybridized carbons (Fsp3) is 0.0588. The molecule has 1 aliphatic rings. The first-order valence-electron chi connectivity index (χ1n) is 6.34. The number of nitrogens with one attached hydrogen (secondary N) is 1. The molecule has 2 aromatic carbocycles. The van der Waals surface area contributed by atoms with E-state index in [0.717, 1.165) is 22.3 Å². The third kappa shape index (κ3) is 1.87. The molecule has 1 N–H and O–H groups in total. The molecule has 1 heterocycles. The number of rotatable bonds is 2. The lowest BCUT2D eigenvalue weighted by Gasteiger charge is -2.10. The van der Waals surface area contributed by atoms with Crippen LogP contribution in [0.1, 0.15) is 27.0 Å². The van der Waals surface area contributed by atoms with E-state index in [0.29, 0.717) is 10.6 Å². The summed E-state index contributed by atoms with van der Waals surface area (Å²) in [5.41, 5.74) is 5.52. The van der Waals surface area contributed by atoms with E-state index in [2.05, 4.69) is 36.2 Å². The van der Waals surface area contributed by atoms with Gasteiger partial charge in [0.25, 0.3) is 5.91 Å². The van der Waals surface area contributed by atoms with Crippen molar-refractivity contribution >= 4 is 29.2 Å². The van der Waals surface area contributed by atoms with Crippen molar-refractivity contribution in [3.8, 4) is 11.1 Å². The van der Waals surface area contributed by atoms with E-state index in [1.165, 1.54) is 5.56 Å². The number of benzene rings is 2. The minimum Gasteiger partial charge on any atom is -0.312 e. The van der Waals surface area contributed by atoms with Crippen LogP contribution >= 0.6 is 12.2 Å². The highest BCUT2D eigenvalue weighted by Gasteiger charge is 2.27. The standard InChI is InChI=1S/C17H13NOS/c1-3-12-13(11-6-4-10(2)5-7-11)8-9-14-15(12)16(19)18-17(14)20/h3-9H,1H2,2H3,(H,18,19,20). The van der Waals surface area contributed by atoms with Crippen molar-refractivity contribution in [1.82, 2.24) is 5.32 Å². The molecular weight excluding hydrogens is 266 g/mol. The summed E-state index contributed by atoms with van der Waals surface area (Å²) in [6.07, 6.45) is 1.72. The molecule has 0 aliphatic carbocycles. The maximum absolute atomic E-state index is 12.0. The molecule has 0 radical (unpaired) electrons. The van der Waals surface area contributed by atoms with Crippen molar-refractivity contribution in [1.29, 1.82) is 0 Å². The summed E-state index contributed by atoms with van der Waals surface area (Å²) in [5, 5.41) is 2.69. The van der Waals surface area contributed by atoms with Crippen LogP contribution in [0.5, 0.6) is 0 Å². The maximum Gasteiger partial charge on any atom is 0.257 e. The topological polar surface area (TPSA) is 29.1 Å². The number of hydrogen-bond acceptors (Lipinski definition) is 2. The summed E-state index contributed by atoms with van der Waals surface area (Å²) in [6, 6.07) is 12.1. The van der Waals surface area contributed by atoms with Gasteiger partial charge in [-0.25, -0.2) is 0 Å². The summed E-state index contributed by atoms with van der Waals surface area (Å²) >= 11 is 5.17. The summed E-state index contributed by atoms with van der Waals surface area (Å²) in [6.45, 7) is 5.90. The Labute approximate surface area is 123 Å². The molecule has 2 nitrogen and oxygen atoms in total. The van der Waals surface area contributed by atoms with Crippen molar-refractivity contribution in [3.63, 3.8) is 0 Å². The van der Waals surface area contributed by atoms with Crippen LogP contribution < -0.4 is 5.32 Å². The molecule has 1 amide bonds. The first-order valence-corrected chi connectivity index (χ1v) is 6.75. The molecule has 0 atom stereocenters. The van der Waals surface area contributed by atoms with Crippen LogP contribution in [0.4, 0.5) is 0 Å². The summed E-state index contributed by atoms with van der Waals surface area (Å²) in [4.78, 5) is 12.5. The first-order chi connectivity index (χ1) is 9.61. The fourth-order valence-corrected chi connectivity index (χ4v) is 2.75. The highest BCUT2D eigenvalue weighted by Crippen LogP contribution is 2.32. The molecule has 3 rings (SSSR count). The van der Waals surface area contributed by atoms with Crippen molar-refractivity contribution in [3.05, 3.63) is 65.2 Å². The van der Waals surface area contributed by atoms with Crippen molar-refractivity contribution < 1.29 is 4.79 Å². The molecule has 0 saturated carbocycles. The van der Waals surface area contributed by atoms with Crippen LogP contribution in [0.2, 0.25) is 0 Å². The largest absolute Gasteiger partial charge is 0.312 e. The Kier molecular flexibility index (Phi) is 2.99. The zero-order valence-corrected chi connectivity index (χ0v) is 11.9. The Morgan fingerprint density at radius 1 is 1.10 bits per heavy atom. The Balaban J connectivity index is 2.26. The predicted molar refractivity (Wildman–Crippen MR) is 85.9 cm³/mol. The molecule has 98 valence electrons. The molecule has 1 aliphatic heterocycles. The van der Waals surface area contributed by atoms with Crippen molar-refractivity contribution in [2.75, 3.05) is 0 Å². The van der Waals surface area contributed by atoms with Gasteiger partial charge in [0.2, 0.25) is 0 Å². The van der Waals surface area contributed by atoms with Gasteiger partial charge in [0.05, 0.1) is 5.56 Å². The number of thiocarbonyl (C=S) groups is 1. The Morgan fingerprint density at radius 2 is 1.75 bits per heavy atom. The minimum atomic E-state index is -0.145. The second kappa shape index (κ2) is 4.69. The average Bonchev–Trinajstić information content (AvgIpc) is 2.74. The number of carbonyl (C=O) groups excluding carboxylic acids is 1. The molecular formula is C17H13NOS. The molecule has 0 bridgehead atoms. The lowest BCUT2D eigenvalue weighted by atomic mass is 9.92. The second-order valence-electron chi connectivity index (χ2n) is 4.80. The van der Waals surface area contributed by atoms with Gasteiger partial charge in [0.1, 0.15) is 4.99 Å². The fourth-order valence-electron chi connectivity index (χ4n) is 2.48. The molecule has 0 unspecified atom stereocenters. The maximum atomic E-state index is 12.0. The number of hydrogen-bond donors (Lipinski definition) is 1. The van der Waals surface area contributed by atoms with E-state index >= 15 is 0 Å². The van der Waals surface area contributed by atoms with E-state index in [1.807, 2.05) is 19.1 Å². The van der Waals surface area contributed by atoms with E-state index < -0.39 is 0 Å². The van der Waals surface area contributed by atoms with Crippen LogP contribution in [0.15, 0.2) is 43.0 Å². The number of amides is 1. The third-order valence-corrected chi connectivity index (χ3v) is 3.83. The number of fused-ring (bicyclic) bond motifs is 1. The van der Waals surface area contributed by atoms with E-state index in [9.17, 15) is 4.79 Å². The van der Waals surface area contributed by atoms with Crippen molar-refractivity contribution in [2.24, 2.45) is 0 Å². The zero-order valence-electron chi connectivity index (χ0n) is 11.1. The van der Waals surface area contributed by atoms with Gasteiger partial charge in [0, 0.05) is 5.56 Å². The van der Waals surface area contributed by atoms with Gasteiger partial charge in [-0.3, -0.25) is 4.79 Å². The molecule has 20 heavy (non-hydrogen) atoms. The average molecular weight is 279 g/mol. The van der Waals surface area contributed by atoms with Gasteiger partial charge < -0.3 is 5.32 Å². The number of aryl methyl sites for hydroxylation is 1. The molecule has 3 heteroatoms. The van der Waals surface area contributed by atoms with Gasteiger partial charge in [0.15, 0.2) is 0 Å². The van der Waals surface area contributed by atoms with E-state index in [4.69, 9.17) is 12.2 Å². The first kappa shape index (κ1) is 12.8. The summed E-state index contributed by atoms with van der Waals surface area (Å²) in [7, 11) is 0. The Hall–Kier alpha value is -2.26. The van der Waals surface area contributed by atoms with Gasteiger partial charge in [-0.1, -0.05) is 66.8 Å². The smallest absolute Gasteiger partial charge is 0.257 e. The predicted octanol–water partition coefficient (Wildman–Crippen LogP) is 3.72. The molecule has 0 aromatic heterocycles. The van der Waals surface area contributed by atoms with E-state index in [1.54, 1.807) is 6.08 Å². The van der Waals surface area contributed by atoms with Crippen LogP contribution in [0.3, 0.4) is 0 Å². The van der Waals surface area contributed by atoms with Gasteiger partial charge >= 0.3 is 0 Å². The second-order valence-corrected chi connectivity index (χ2v) is 5.21. The van der Waals surface area contributed by atoms with Gasteiger partial charge in [-0.15, -0.1) is 0 Å². The highest BCUT2D eigenvalue weighted by molar-refractivity contribution is 7.80. The number of carbonyl (C=O) groups is 1. The Morgan fingerprint density at radius 3 is 2.40 bits per heavy atom. The van der Waals surface area contributed by atoms with Gasteiger partial charge in [-0.2, -0.15) is 0 Å². The Bertz CT molecular complexity index is 744. The highest BCUT2D eigenvalue weighted by atomic mass is 32.1. The van der Waals surface area contributed by atoms with Crippen LogP contribution in [0, 0.1) is 6.92 Å². The molecule has 0 saturated heterocycles. The summed E-state index contributed by atoms with van der Waals surface area (Å²) < 4.78 is 0. The lowest BCUT2D eigenvalue weighted by molar-refractivity contribution is 0.0983. The van der Waals surface area contributed by atoms with Crippen molar-refractivity contribution in [2.45, 2.75) is 6.92 Å². The van der Waals surface area contributed by atoms with E-state index in [-0.39, 0.29) is 5.91 Å². The SMILES string of the molecule is C=Cc1c(-c2ccc(C)cc2)ccc2c1C(=O)NC2=S. The molecule has 0 spiro atoms.